The number of H-pyrrole nitrogens is 1. The fourth-order valence-corrected chi connectivity index (χ4v) is 3.31. The van der Waals surface area contributed by atoms with Crippen molar-refractivity contribution in [1.29, 1.82) is 0 Å². The molecule has 0 aliphatic heterocycles. The van der Waals surface area contributed by atoms with Crippen LogP contribution in [0.2, 0.25) is 0 Å². The number of aromatic nitrogens is 3. The number of aromatic amines is 1. The van der Waals surface area contributed by atoms with E-state index in [4.69, 9.17) is 0 Å². The standard InChI is InChI=1S/C21H21FN4O/c1-2-15-11-19(27)26-20(25-15)14-7-8-18(23-12-14)24-13-21(9-10-21)16-5-3-4-6-17(16)22/h3-8,11-12H,2,9-10,13H2,1H3,(H,23,24)(H,25,26,27). The van der Waals surface area contributed by atoms with E-state index in [2.05, 4.69) is 20.3 Å². The van der Waals surface area contributed by atoms with Gasteiger partial charge in [0.05, 0.1) is 0 Å². The molecule has 0 amide bonds. The second-order valence-corrected chi connectivity index (χ2v) is 6.98. The van der Waals surface area contributed by atoms with Gasteiger partial charge in [0.1, 0.15) is 17.5 Å². The lowest BCUT2D eigenvalue weighted by Crippen LogP contribution is -2.21. The molecule has 1 aliphatic carbocycles. The number of anilines is 1. The van der Waals surface area contributed by atoms with Crippen LogP contribution < -0.4 is 10.9 Å². The van der Waals surface area contributed by atoms with Crippen LogP contribution in [0, 0.1) is 5.82 Å². The van der Waals surface area contributed by atoms with E-state index in [1.807, 2.05) is 31.2 Å². The van der Waals surface area contributed by atoms with Crippen molar-refractivity contribution in [2.75, 3.05) is 11.9 Å². The zero-order valence-corrected chi connectivity index (χ0v) is 15.1. The average molecular weight is 364 g/mol. The zero-order valence-electron chi connectivity index (χ0n) is 15.1. The van der Waals surface area contributed by atoms with Crippen LogP contribution in [0.1, 0.15) is 31.0 Å². The van der Waals surface area contributed by atoms with Crippen LogP contribution in [0.3, 0.4) is 0 Å². The number of hydrogen-bond acceptors (Lipinski definition) is 4. The van der Waals surface area contributed by atoms with Gasteiger partial charge in [-0.05, 0) is 43.0 Å². The van der Waals surface area contributed by atoms with Gasteiger partial charge >= 0.3 is 0 Å². The Balaban J connectivity index is 1.48. The minimum absolute atomic E-state index is 0.145. The maximum atomic E-state index is 14.1. The van der Waals surface area contributed by atoms with Crippen molar-refractivity contribution in [2.45, 2.75) is 31.6 Å². The van der Waals surface area contributed by atoms with Crippen molar-refractivity contribution in [2.24, 2.45) is 0 Å². The fourth-order valence-electron chi connectivity index (χ4n) is 3.31. The van der Waals surface area contributed by atoms with Gasteiger partial charge in [-0.2, -0.15) is 0 Å². The summed E-state index contributed by atoms with van der Waals surface area (Å²) in [6.07, 6.45) is 4.31. The molecule has 2 heterocycles. The third-order valence-electron chi connectivity index (χ3n) is 5.10. The molecule has 0 saturated heterocycles. The number of hydrogen-bond donors (Lipinski definition) is 2. The van der Waals surface area contributed by atoms with Crippen molar-refractivity contribution < 1.29 is 4.39 Å². The topological polar surface area (TPSA) is 70.7 Å². The molecule has 1 aromatic carbocycles. The largest absolute Gasteiger partial charge is 0.369 e. The Morgan fingerprint density at radius 3 is 2.70 bits per heavy atom. The van der Waals surface area contributed by atoms with Crippen molar-refractivity contribution in [3.8, 4) is 11.4 Å². The molecule has 0 unspecified atom stereocenters. The Bertz CT molecular complexity index is 1010. The number of pyridine rings is 1. The highest BCUT2D eigenvalue weighted by Gasteiger charge is 2.45. The van der Waals surface area contributed by atoms with E-state index in [1.165, 1.54) is 12.1 Å². The van der Waals surface area contributed by atoms with Crippen LogP contribution in [-0.4, -0.2) is 21.5 Å². The molecule has 0 radical (unpaired) electrons. The summed E-state index contributed by atoms with van der Waals surface area (Å²) in [4.78, 5) is 23.3. The lowest BCUT2D eigenvalue weighted by atomic mass is 9.95. The first-order valence-electron chi connectivity index (χ1n) is 9.15. The van der Waals surface area contributed by atoms with Gasteiger partial charge in [0, 0.05) is 35.5 Å². The average Bonchev–Trinajstić information content (AvgIpc) is 3.47. The number of benzene rings is 1. The van der Waals surface area contributed by atoms with Crippen LogP contribution in [0.5, 0.6) is 0 Å². The van der Waals surface area contributed by atoms with Crippen LogP contribution >= 0.6 is 0 Å². The number of nitrogens with zero attached hydrogens (tertiary/aromatic N) is 2. The molecule has 1 saturated carbocycles. The van der Waals surface area contributed by atoms with Gasteiger partial charge < -0.3 is 10.3 Å². The maximum Gasteiger partial charge on any atom is 0.251 e. The lowest BCUT2D eigenvalue weighted by molar-refractivity contribution is 0.578. The summed E-state index contributed by atoms with van der Waals surface area (Å²) in [7, 11) is 0. The molecule has 1 fully saturated rings. The van der Waals surface area contributed by atoms with Gasteiger partial charge in [-0.15, -0.1) is 0 Å². The summed E-state index contributed by atoms with van der Waals surface area (Å²) in [6.45, 7) is 2.60. The smallest absolute Gasteiger partial charge is 0.251 e. The molecular weight excluding hydrogens is 343 g/mol. The number of halogens is 1. The predicted octanol–water partition coefficient (Wildman–Crippen LogP) is 3.68. The van der Waals surface area contributed by atoms with Crippen molar-refractivity contribution in [3.05, 3.63) is 76.1 Å². The monoisotopic (exact) mass is 364 g/mol. The summed E-state index contributed by atoms with van der Waals surface area (Å²) in [6, 6.07) is 12.2. The van der Waals surface area contributed by atoms with E-state index in [9.17, 15) is 9.18 Å². The number of aryl methyl sites for hydroxylation is 1. The molecule has 0 spiro atoms. The Morgan fingerprint density at radius 2 is 2.04 bits per heavy atom. The number of rotatable bonds is 6. The first-order chi connectivity index (χ1) is 13.1. The molecule has 3 aromatic rings. The van der Waals surface area contributed by atoms with E-state index in [1.54, 1.807) is 12.3 Å². The highest BCUT2D eigenvalue weighted by molar-refractivity contribution is 5.56. The Hall–Kier alpha value is -3.02. The van der Waals surface area contributed by atoms with Crippen molar-refractivity contribution in [1.82, 2.24) is 15.0 Å². The normalized spacial score (nSPS) is 14.7. The quantitative estimate of drug-likeness (QED) is 0.700. The van der Waals surface area contributed by atoms with Gasteiger partial charge in [-0.25, -0.2) is 14.4 Å². The van der Waals surface area contributed by atoms with Gasteiger partial charge in [0.15, 0.2) is 0 Å². The van der Waals surface area contributed by atoms with Crippen LogP contribution in [0.15, 0.2) is 53.5 Å². The Morgan fingerprint density at radius 1 is 1.22 bits per heavy atom. The predicted molar refractivity (Wildman–Crippen MR) is 103 cm³/mol. The summed E-state index contributed by atoms with van der Waals surface area (Å²) in [5.41, 5.74) is 1.96. The molecule has 27 heavy (non-hydrogen) atoms. The summed E-state index contributed by atoms with van der Waals surface area (Å²) in [5, 5.41) is 3.32. The van der Waals surface area contributed by atoms with E-state index in [0.717, 1.165) is 35.5 Å². The highest BCUT2D eigenvalue weighted by atomic mass is 19.1. The minimum atomic E-state index is -0.167. The van der Waals surface area contributed by atoms with Gasteiger partial charge in [0.2, 0.25) is 0 Å². The highest BCUT2D eigenvalue weighted by Crippen LogP contribution is 2.48. The minimum Gasteiger partial charge on any atom is -0.369 e. The molecule has 0 bridgehead atoms. The summed E-state index contributed by atoms with van der Waals surface area (Å²) >= 11 is 0. The molecular formula is C21H21FN4O. The van der Waals surface area contributed by atoms with Crippen LogP contribution in [0.25, 0.3) is 11.4 Å². The second kappa shape index (κ2) is 6.95. The molecule has 1 aliphatic rings. The lowest BCUT2D eigenvalue weighted by Gasteiger charge is -2.17. The van der Waals surface area contributed by atoms with Crippen molar-refractivity contribution in [3.63, 3.8) is 0 Å². The SMILES string of the molecule is CCc1cc(=O)[nH]c(-c2ccc(NCC3(c4ccccc4F)CC3)nc2)n1. The molecule has 5 nitrogen and oxygen atoms in total. The third kappa shape index (κ3) is 3.60. The molecule has 2 N–H and O–H groups in total. The van der Waals surface area contributed by atoms with E-state index in [-0.39, 0.29) is 16.8 Å². The first-order valence-corrected chi connectivity index (χ1v) is 9.15. The third-order valence-corrected chi connectivity index (χ3v) is 5.10. The molecule has 2 aromatic heterocycles. The van der Waals surface area contributed by atoms with Crippen molar-refractivity contribution >= 4 is 5.82 Å². The Kier molecular flexibility index (Phi) is 4.48. The first kappa shape index (κ1) is 17.4. The van der Waals surface area contributed by atoms with E-state index < -0.39 is 0 Å². The van der Waals surface area contributed by atoms with Gasteiger partial charge in [-0.1, -0.05) is 25.1 Å². The van der Waals surface area contributed by atoms with Gasteiger partial charge in [-0.3, -0.25) is 4.79 Å². The van der Waals surface area contributed by atoms with Crippen LogP contribution in [-0.2, 0) is 11.8 Å². The van der Waals surface area contributed by atoms with E-state index in [0.29, 0.717) is 18.8 Å². The molecule has 4 rings (SSSR count). The molecule has 138 valence electrons. The van der Waals surface area contributed by atoms with Gasteiger partial charge in [0.25, 0.3) is 5.56 Å². The summed E-state index contributed by atoms with van der Waals surface area (Å²) < 4.78 is 14.1. The second-order valence-electron chi connectivity index (χ2n) is 6.98. The number of nitrogens with one attached hydrogen (secondary N) is 2. The fraction of sp³-hybridized carbons (Fsp3) is 0.286. The summed E-state index contributed by atoms with van der Waals surface area (Å²) in [5.74, 6) is 1.09. The molecule has 6 heteroatoms. The Labute approximate surface area is 156 Å². The zero-order chi connectivity index (χ0) is 18.9. The van der Waals surface area contributed by atoms with Crippen LogP contribution in [0.4, 0.5) is 10.2 Å². The molecule has 0 atom stereocenters. The van der Waals surface area contributed by atoms with E-state index >= 15 is 0 Å². The maximum absolute atomic E-state index is 14.1.